The lowest BCUT2D eigenvalue weighted by Crippen LogP contribution is -2.16. The van der Waals surface area contributed by atoms with Crippen molar-refractivity contribution in [1.82, 2.24) is 0 Å². The van der Waals surface area contributed by atoms with E-state index in [9.17, 15) is 57.4 Å². The first-order valence-electron chi connectivity index (χ1n) is 9.05. The number of rotatable bonds is 7. The van der Waals surface area contributed by atoms with Gasteiger partial charge >= 0.3 is 0 Å². The summed E-state index contributed by atoms with van der Waals surface area (Å²) in [7, 11) is -20.6. The van der Waals surface area contributed by atoms with Crippen LogP contribution < -0.4 is 4.72 Å². The Kier molecular flexibility index (Phi) is 6.64. The van der Waals surface area contributed by atoms with E-state index < -0.39 is 87.0 Å². The molecule has 0 radical (unpaired) electrons. The minimum atomic E-state index is -5.42. The van der Waals surface area contributed by atoms with Gasteiger partial charge in [0.05, 0.1) is 20.4 Å². The fraction of sp³-hybridized carbons (Fsp3) is 0.0588. The van der Waals surface area contributed by atoms with Crippen LogP contribution in [-0.4, -0.2) is 52.3 Å². The number of nitrogens with one attached hydrogen (secondary N) is 1. The molecule has 3 aromatic carbocycles. The SMILES string of the molecule is Cc1c([N+](=O)[O-])cccc1S(=O)(=O)Nc1ccc(S(=O)(=O)O)c2cc(S(=O)(=O)O)cc(S(=O)(=O)O)c12. The van der Waals surface area contributed by atoms with Gasteiger partial charge in [-0.1, -0.05) is 6.07 Å². The molecule has 0 aliphatic carbocycles. The zero-order chi connectivity index (χ0) is 27.4. The minimum Gasteiger partial charge on any atom is -0.282 e. The number of nitrogens with zero attached hydrogens (tertiary/aromatic N) is 1. The highest BCUT2D eigenvalue weighted by Crippen LogP contribution is 2.38. The van der Waals surface area contributed by atoms with Crippen molar-refractivity contribution in [2.75, 3.05) is 4.72 Å². The Bertz CT molecular complexity index is 1880. The third kappa shape index (κ3) is 5.16. The predicted octanol–water partition coefficient (Wildman–Crippen LogP) is 1.60. The van der Waals surface area contributed by atoms with Crippen LogP contribution in [0, 0.1) is 17.0 Å². The molecule has 0 unspecified atom stereocenters. The quantitative estimate of drug-likeness (QED) is 0.176. The van der Waals surface area contributed by atoms with Crippen molar-refractivity contribution in [2.45, 2.75) is 26.5 Å². The topological polar surface area (TPSA) is 252 Å². The molecule has 0 amide bonds. The van der Waals surface area contributed by atoms with Crippen LogP contribution in [0.4, 0.5) is 11.4 Å². The van der Waals surface area contributed by atoms with Gasteiger partial charge in [0.1, 0.15) is 9.79 Å². The summed E-state index contributed by atoms with van der Waals surface area (Å²) in [6.45, 7) is 1.12. The molecule has 0 saturated carbocycles. The van der Waals surface area contributed by atoms with E-state index in [0.717, 1.165) is 25.1 Å². The van der Waals surface area contributed by atoms with Crippen LogP contribution in [0.2, 0.25) is 0 Å². The van der Waals surface area contributed by atoms with E-state index in [1.54, 1.807) is 0 Å². The molecule has 0 aliphatic heterocycles. The lowest BCUT2D eigenvalue weighted by Gasteiger charge is -2.16. The molecule has 0 fully saturated rings. The van der Waals surface area contributed by atoms with Crippen LogP contribution in [0.1, 0.15) is 5.56 Å². The van der Waals surface area contributed by atoms with Gasteiger partial charge in [-0.15, -0.1) is 0 Å². The number of anilines is 1. The predicted molar refractivity (Wildman–Crippen MR) is 122 cm³/mol. The van der Waals surface area contributed by atoms with Crippen LogP contribution in [-0.2, 0) is 40.4 Å². The van der Waals surface area contributed by atoms with Crippen LogP contribution in [0.15, 0.2) is 62.0 Å². The first kappa shape index (κ1) is 27.4. The summed E-state index contributed by atoms with van der Waals surface area (Å²) in [6, 6.07) is 5.02. The first-order chi connectivity index (χ1) is 16.2. The Labute approximate surface area is 203 Å². The maximum absolute atomic E-state index is 13.1. The van der Waals surface area contributed by atoms with Crippen molar-refractivity contribution >= 4 is 62.5 Å². The average molecular weight is 583 g/mol. The van der Waals surface area contributed by atoms with Crippen molar-refractivity contribution in [3.8, 4) is 0 Å². The fourth-order valence-electron chi connectivity index (χ4n) is 3.35. The molecular formula is C17H14N2O13S4. The van der Waals surface area contributed by atoms with Crippen LogP contribution in [0.5, 0.6) is 0 Å². The van der Waals surface area contributed by atoms with E-state index in [-0.39, 0.29) is 11.6 Å². The van der Waals surface area contributed by atoms with Gasteiger partial charge in [0.15, 0.2) is 0 Å². The second-order valence-corrected chi connectivity index (χ2v) is 13.0. The number of fused-ring (bicyclic) bond motifs is 1. The summed E-state index contributed by atoms with van der Waals surface area (Å²) in [5.74, 6) is 0. The monoisotopic (exact) mass is 582 g/mol. The van der Waals surface area contributed by atoms with Crippen molar-refractivity contribution in [2.24, 2.45) is 0 Å². The van der Waals surface area contributed by atoms with E-state index in [1.807, 2.05) is 4.72 Å². The summed E-state index contributed by atoms with van der Waals surface area (Å²) in [4.78, 5) is 6.07. The van der Waals surface area contributed by atoms with Crippen molar-refractivity contribution in [1.29, 1.82) is 0 Å². The van der Waals surface area contributed by atoms with Gasteiger partial charge in [-0.25, -0.2) is 8.42 Å². The molecule has 36 heavy (non-hydrogen) atoms. The van der Waals surface area contributed by atoms with E-state index in [1.165, 1.54) is 0 Å². The molecule has 19 heteroatoms. The van der Waals surface area contributed by atoms with Gasteiger partial charge in [0.2, 0.25) is 0 Å². The van der Waals surface area contributed by atoms with Crippen molar-refractivity contribution in [3.63, 3.8) is 0 Å². The molecule has 0 saturated heterocycles. The maximum atomic E-state index is 13.1. The third-order valence-electron chi connectivity index (χ3n) is 4.85. The number of hydrogen-bond donors (Lipinski definition) is 4. The molecule has 0 bridgehead atoms. The summed E-state index contributed by atoms with van der Waals surface area (Å²) in [6.07, 6.45) is 0. The minimum absolute atomic E-state index is 0.233. The number of nitro benzene ring substituents is 1. The van der Waals surface area contributed by atoms with Crippen LogP contribution >= 0.6 is 0 Å². The summed E-state index contributed by atoms with van der Waals surface area (Å²) < 4.78 is 128. The zero-order valence-corrected chi connectivity index (χ0v) is 20.8. The summed E-state index contributed by atoms with van der Waals surface area (Å²) in [5.41, 5.74) is -1.60. The van der Waals surface area contributed by atoms with Gasteiger partial charge < -0.3 is 0 Å². The summed E-state index contributed by atoms with van der Waals surface area (Å²) >= 11 is 0. The molecular weight excluding hydrogens is 568 g/mol. The molecule has 3 rings (SSSR count). The van der Waals surface area contributed by atoms with Gasteiger partial charge in [0.25, 0.3) is 46.1 Å². The Morgan fingerprint density at radius 1 is 0.778 bits per heavy atom. The highest BCUT2D eigenvalue weighted by molar-refractivity contribution is 7.92. The second kappa shape index (κ2) is 8.73. The zero-order valence-electron chi connectivity index (χ0n) is 17.5. The van der Waals surface area contributed by atoms with Crippen molar-refractivity contribution in [3.05, 3.63) is 58.1 Å². The van der Waals surface area contributed by atoms with Gasteiger partial charge in [-0.3, -0.25) is 28.5 Å². The van der Waals surface area contributed by atoms with E-state index in [4.69, 9.17) is 0 Å². The largest absolute Gasteiger partial charge is 0.295 e. The Hall–Kier alpha value is -3.20. The Morgan fingerprint density at radius 3 is 1.86 bits per heavy atom. The van der Waals surface area contributed by atoms with Crippen LogP contribution in [0.3, 0.4) is 0 Å². The maximum Gasteiger partial charge on any atom is 0.295 e. The van der Waals surface area contributed by atoms with Crippen molar-refractivity contribution < 1.29 is 52.3 Å². The smallest absolute Gasteiger partial charge is 0.282 e. The molecule has 0 atom stereocenters. The highest BCUT2D eigenvalue weighted by Gasteiger charge is 2.29. The Morgan fingerprint density at radius 2 is 1.36 bits per heavy atom. The molecule has 0 heterocycles. The van der Waals surface area contributed by atoms with Gasteiger partial charge in [-0.05, 0) is 37.3 Å². The number of hydrogen-bond acceptors (Lipinski definition) is 10. The number of sulfonamides is 1. The molecule has 0 spiro atoms. The molecule has 4 N–H and O–H groups in total. The lowest BCUT2D eigenvalue weighted by atomic mass is 10.1. The standard InChI is InChI=1S/C17H14N2O13S4/c1-9-13(19(20)21)3-2-4-14(9)33(22,23)18-12-5-6-15(35(27,28)29)11-7-10(34(24,25)26)8-16(17(11)12)36(30,31)32/h2-8,18H,1H3,(H,24,25,26)(H,27,28,29)(H,30,31,32). The fourth-order valence-corrected chi connectivity index (χ4v) is 6.72. The first-order valence-corrected chi connectivity index (χ1v) is 14.9. The van der Waals surface area contributed by atoms with E-state index in [0.29, 0.717) is 18.2 Å². The number of benzene rings is 3. The Balaban J connectivity index is 2.47. The second-order valence-electron chi connectivity index (χ2n) is 7.14. The van der Waals surface area contributed by atoms with E-state index >= 15 is 0 Å². The third-order valence-corrected chi connectivity index (χ3v) is 8.98. The number of nitro groups is 1. The summed E-state index contributed by atoms with van der Waals surface area (Å²) in [5, 5.41) is 9.38. The molecule has 0 aliphatic rings. The average Bonchev–Trinajstić information content (AvgIpc) is 2.70. The van der Waals surface area contributed by atoms with E-state index in [2.05, 4.69) is 0 Å². The lowest BCUT2D eigenvalue weighted by molar-refractivity contribution is -0.385. The molecule has 15 nitrogen and oxygen atoms in total. The van der Waals surface area contributed by atoms with Gasteiger partial charge in [0, 0.05) is 22.4 Å². The molecule has 3 aromatic rings. The normalized spacial score (nSPS) is 13.0. The molecule has 194 valence electrons. The van der Waals surface area contributed by atoms with Gasteiger partial charge in [-0.2, -0.15) is 25.3 Å². The van der Waals surface area contributed by atoms with Crippen LogP contribution in [0.25, 0.3) is 10.8 Å². The molecule has 0 aromatic heterocycles. The highest BCUT2D eigenvalue weighted by atomic mass is 32.2.